The fraction of sp³-hybridized carbons (Fsp3) is 0. The van der Waals surface area contributed by atoms with Crippen LogP contribution >= 0.6 is 34.5 Å². The van der Waals surface area contributed by atoms with Crippen LogP contribution in [0.25, 0.3) is 16.8 Å². The molecule has 0 saturated carbocycles. The summed E-state index contributed by atoms with van der Waals surface area (Å²) in [4.78, 5) is 4.46. The van der Waals surface area contributed by atoms with Crippen LogP contribution in [-0.2, 0) is 0 Å². The summed E-state index contributed by atoms with van der Waals surface area (Å²) in [5.41, 5.74) is 2.29. The number of anilines is 1. The zero-order valence-electron chi connectivity index (χ0n) is 12.6. The van der Waals surface area contributed by atoms with Crippen LogP contribution in [0.2, 0.25) is 10.0 Å². The highest BCUT2D eigenvalue weighted by Crippen LogP contribution is 2.32. The third-order valence-corrected chi connectivity index (χ3v) is 4.69. The third kappa shape index (κ3) is 4.18. The van der Waals surface area contributed by atoms with Gasteiger partial charge in [0.05, 0.1) is 10.7 Å². The Morgan fingerprint density at radius 1 is 1.24 bits per heavy atom. The Balaban J connectivity index is 1.86. The molecule has 2 aromatic carbocycles. The molecule has 1 aromatic heterocycles. The molecule has 0 bridgehead atoms. The molecule has 0 aliphatic heterocycles. The molecule has 3 nitrogen and oxygen atoms in total. The van der Waals surface area contributed by atoms with E-state index in [1.165, 1.54) is 29.7 Å². The van der Waals surface area contributed by atoms with Gasteiger partial charge in [0.25, 0.3) is 0 Å². The van der Waals surface area contributed by atoms with Crippen LogP contribution in [-0.4, -0.2) is 4.98 Å². The predicted molar refractivity (Wildman–Crippen MR) is 101 cm³/mol. The average Bonchev–Trinajstić information content (AvgIpc) is 3.05. The van der Waals surface area contributed by atoms with E-state index in [1.807, 2.05) is 5.38 Å². The van der Waals surface area contributed by atoms with E-state index >= 15 is 0 Å². The maximum atomic E-state index is 13.2. The van der Waals surface area contributed by atoms with Crippen LogP contribution in [0.15, 0.2) is 54.0 Å². The van der Waals surface area contributed by atoms with E-state index in [1.54, 1.807) is 30.3 Å². The van der Waals surface area contributed by atoms with Crippen molar-refractivity contribution in [3.63, 3.8) is 0 Å². The zero-order valence-corrected chi connectivity index (χ0v) is 15.0. The quantitative estimate of drug-likeness (QED) is 0.537. The van der Waals surface area contributed by atoms with Gasteiger partial charge < -0.3 is 5.32 Å². The molecule has 0 aliphatic carbocycles. The maximum Gasteiger partial charge on any atom is 0.136 e. The van der Waals surface area contributed by atoms with E-state index in [9.17, 15) is 9.65 Å². The lowest BCUT2D eigenvalue weighted by molar-refractivity contribution is 0.628. The highest BCUT2D eigenvalue weighted by molar-refractivity contribution is 7.11. The second-order valence-corrected chi connectivity index (χ2v) is 6.69. The SMILES string of the molecule is N#C/C(=C/Nc1cccc(F)c1)c1nc(-c2ccc(Cl)cc2Cl)cs1. The first-order chi connectivity index (χ1) is 12.1. The molecular weight excluding hydrogens is 380 g/mol. The minimum atomic E-state index is -0.356. The Hall–Kier alpha value is -2.39. The molecule has 0 unspecified atom stereocenters. The number of nitrogens with one attached hydrogen (secondary N) is 1. The fourth-order valence-corrected chi connectivity index (χ4v) is 3.38. The van der Waals surface area contributed by atoms with Crippen molar-refractivity contribution in [2.24, 2.45) is 0 Å². The van der Waals surface area contributed by atoms with Gasteiger partial charge in [-0.25, -0.2) is 9.37 Å². The van der Waals surface area contributed by atoms with Gasteiger partial charge in [-0.05, 0) is 36.4 Å². The summed E-state index contributed by atoms with van der Waals surface area (Å²) < 4.78 is 13.2. The molecule has 1 heterocycles. The van der Waals surface area contributed by atoms with Gasteiger partial charge in [0.15, 0.2) is 0 Å². The summed E-state index contributed by atoms with van der Waals surface area (Å²) >= 11 is 13.4. The number of allylic oxidation sites excluding steroid dienone is 1. The van der Waals surface area contributed by atoms with Crippen LogP contribution in [0.3, 0.4) is 0 Å². The molecule has 0 amide bonds. The van der Waals surface area contributed by atoms with Crippen molar-refractivity contribution in [3.05, 3.63) is 74.9 Å². The number of hydrogen-bond acceptors (Lipinski definition) is 4. The molecule has 3 aromatic rings. The fourth-order valence-electron chi connectivity index (χ4n) is 2.09. The average molecular weight is 390 g/mol. The Morgan fingerprint density at radius 3 is 2.80 bits per heavy atom. The molecule has 0 fully saturated rings. The summed E-state index contributed by atoms with van der Waals surface area (Å²) in [7, 11) is 0. The summed E-state index contributed by atoms with van der Waals surface area (Å²) in [5.74, 6) is -0.356. The van der Waals surface area contributed by atoms with Crippen molar-refractivity contribution in [1.29, 1.82) is 5.26 Å². The molecule has 1 N–H and O–H groups in total. The van der Waals surface area contributed by atoms with Crippen molar-refractivity contribution in [2.45, 2.75) is 0 Å². The summed E-state index contributed by atoms with van der Waals surface area (Å²) in [6, 6.07) is 13.2. The molecular formula is C18H10Cl2FN3S. The van der Waals surface area contributed by atoms with E-state index in [2.05, 4.69) is 16.4 Å². The van der Waals surface area contributed by atoms with E-state index in [0.29, 0.717) is 32.0 Å². The predicted octanol–water partition coefficient (Wildman–Crippen LogP) is 6.23. The number of nitriles is 1. The van der Waals surface area contributed by atoms with Crippen LogP contribution in [0.4, 0.5) is 10.1 Å². The lowest BCUT2D eigenvalue weighted by Crippen LogP contribution is -1.91. The van der Waals surface area contributed by atoms with Crippen LogP contribution in [0.5, 0.6) is 0 Å². The third-order valence-electron chi connectivity index (χ3n) is 3.27. The van der Waals surface area contributed by atoms with E-state index in [4.69, 9.17) is 23.2 Å². The van der Waals surface area contributed by atoms with Gasteiger partial charge in [0.1, 0.15) is 22.5 Å². The second-order valence-electron chi connectivity index (χ2n) is 4.99. The smallest absolute Gasteiger partial charge is 0.136 e. The molecule has 0 spiro atoms. The van der Waals surface area contributed by atoms with Crippen LogP contribution in [0, 0.1) is 17.1 Å². The molecule has 0 atom stereocenters. The highest BCUT2D eigenvalue weighted by Gasteiger charge is 2.11. The maximum absolute atomic E-state index is 13.2. The first-order valence-corrected chi connectivity index (χ1v) is 8.74. The largest absolute Gasteiger partial charge is 0.360 e. The van der Waals surface area contributed by atoms with Crippen molar-refractivity contribution >= 4 is 45.8 Å². The zero-order chi connectivity index (χ0) is 17.8. The topological polar surface area (TPSA) is 48.7 Å². The van der Waals surface area contributed by atoms with Gasteiger partial charge in [0, 0.05) is 27.9 Å². The minimum absolute atomic E-state index is 0.339. The minimum Gasteiger partial charge on any atom is -0.360 e. The van der Waals surface area contributed by atoms with Crippen LogP contribution < -0.4 is 5.32 Å². The van der Waals surface area contributed by atoms with E-state index < -0.39 is 0 Å². The lowest BCUT2D eigenvalue weighted by atomic mass is 10.2. The van der Waals surface area contributed by atoms with Gasteiger partial charge >= 0.3 is 0 Å². The normalized spacial score (nSPS) is 11.2. The molecule has 0 aliphatic rings. The Morgan fingerprint density at radius 2 is 2.08 bits per heavy atom. The number of aromatic nitrogens is 1. The molecule has 3 rings (SSSR count). The number of halogens is 3. The van der Waals surface area contributed by atoms with Gasteiger partial charge in [-0.15, -0.1) is 11.3 Å². The van der Waals surface area contributed by atoms with Gasteiger partial charge in [0.2, 0.25) is 0 Å². The first kappa shape index (κ1) is 17.4. The van der Waals surface area contributed by atoms with E-state index in [0.717, 1.165) is 5.56 Å². The highest BCUT2D eigenvalue weighted by atomic mass is 35.5. The summed E-state index contributed by atoms with van der Waals surface area (Å²) in [6.45, 7) is 0. The second kappa shape index (κ2) is 7.66. The molecule has 7 heteroatoms. The number of rotatable bonds is 4. The van der Waals surface area contributed by atoms with Crippen molar-refractivity contribution in [1.82, 2.24) is 4.98 Å². The van der Waals surface area contributed by atoms with Crippen LogP contribution in [0.1, 0.15) is 5.01 Å². The summed E-state index contributed by atoms with van der Waals surface area (Å²) in [5, 5.41) is 15.7. The molecule has 0 saturated heterocycles. The standard InChI is InChI=1S/C18H10Cl2FN3S/c19-12-4-5-15(16(20)6-12)17-10-25-18(24-17)11(8-22)9-23-14-3-1-2-13(21)7-14/h1-7,9-10,23H/b11-9-. The molecule has 0 radical (unpaired) electrons. The van der Waals surface area contributed by atoms with Gasteiger partial charge in [-0.3, -0.25) is 0 Å². The number of nitrogens with zero attached hydrogens (tertiary/aromatic N) is 2. The lowest BCUT2D eigenvalue weighted by Gasteiger charge is -2.02. The number of benzene rings is 2. The number of thiazole rings is 1. The summed E-state index contributed by atoms with van der Waals surface area (Å²) in [6.07, 6.45) is 1.50. The first-order valence-electron chi connectivity index (χ1n) is 7.10. The molecule has 124 valence electrons. The van der Waals surface area contributed by atoms with Gasteiger partial charge in [-0.1, -0.05) is 29.3 Å². The van der Waals surface area contributed by atoms with Crippen molar-refractivity contribution < 1.29 is 4.39 Å². The monoisotopic (exact) mass is 389 g/mol. The Labute approximate surface area is 158 Å². The van der Waals surface area contributed by atoms with Crippen molar-refractivity contribution in [2.75, 3.05) is 5.32 Å². The number of hydrogen-bond donors (Lipinski definition) is 1. The van der Waals surface area contributed by atoms with Crippen molar-refractivity contribution in [3.8, 4) is 17.3 Å². The Kier molecular flexibility index (Phi) is 5.34. The van der Waals surface area contributed by atoms with Gasteiger partial charge in [-0.2, -0.15) is 5.26 Å². The Bertz CT molecular complexity index is 992. The molecule has 25 heavy (non-hydrogen) atoms. The van der Waals surface area contributed by atoms with E-state index in [-0.39, 0.29) is 5.82 Å².